The number of nitriles is 1. The Hall–Kier alpha value is -2.85. The molecule has 22 heavy (non-hydrogen) atoms. The fourth-order valence-corrected chi connectivity index (χ4v) is 2.15. The van der Waals surface area contributed by atoms with E-state index in [9.17, 15) is 4.79 Å². The average molecular weight is 298 g/mol. The predicted molar refractivity (Wildman–Crippen MR) is 77.7 cm³/mol. The predicted octanol–water partition coefficient (Wildman–Crippen LogP) is 1.76. The number of amides is 1. The third-order valence-corrected chi connectivity index (χ3v) is 3.30. The summed E-state index contributed by atoms with van der Waals surface area (Å²) in [6.45, 7) is 2.39. The molecule has 7 nitrogen and oxygen atoms in total. The van der Waals surface area contributed by atoms with Crippen molar-refractivity contribution in [2.24, 2.45) is 0 Å². The van der Waals surface area contributed by atoms with Crippen molar-refractivity contribution in [3.05, 3.63) is 41.8 Å². The average Bonchev–Trinajstić information content (AvgIpc) is 3.03. The van der Waals surface area contributed by atoms with E-state index in [-0.39, 0.29) is 17.6 Å². The van der Waals surface area contributed by atoms with Crippen molar-refractivity contribution in [1.82, 2.24) is 9.88 Å². The molecule has 0 saturated carbocycles. The SMILES string of the molecule is N#Cc1coc(Nc2ccc(C(=O)N3CCOCC3)cc2)n1. The number of morpholine rings is 1. The minimum atomic E-state index is -0.00209. The number of nitrogens with zero attached hydrogens (tertiary/aromatic N) is 3. The van der Waals surface area contributed by atoms with Gasteiger partial charge in [-0.05, 0) is 24.3 Å². The summed E-state index contributed by atoms with van der Waals surface area (Å²) in [5.74, 6) is -0.00209. The first-order valence-corrected chi connectivity index (χ1v) is 6.86. The molecule has 0 aliphatic carbocycles. The molecule has 1 N–H and O–H groups in total. The van der Waals surface area contributed by atoms with Crippen molar-refractivity contribution in [2.75, 3.05) is 31.6 Å². The zero-order valence-corrected chi connectivity index (χ0v) is 11.8. The van der Waals surface area contributed by atoms with Crippen LogP contribution in [-0.2, 0) is 4.74 Å². The molecule has 1 aromatic carbocycles. The van der Waals surface area contributed by atoms with Gasteiger partial charge in [-0.3, -0.25) is 4.79 Å². The summed E-state index contributed by atoms with van der Waals surface area (Å²) < 4.78 is 10.3. The van der Waals surface area contributed by atoms with Crippen molar-refractivity contribution < 1.29 is 13.9 Å². The number of nitrogens with one attached hydrogen (secondary N) is 1. The third-order valence-electron chi connectivity index (χ3n) is 3.30. The number of carbonyl (C=O) groups excluding carboxylic acids is 1. The van der Waals surface area contributed by atoms with Gasteiger partial charge in [0.2, 0.25) is 0 Å². The maximum atomic E-state index is 12.3. The second-order valence-corrected chi connectivity index (χ2v) is 4.76. The molecule has 0 bridgehead atoms. The molecule has 112 valence electrons. The Balaban J connectivity index is 1.67. The molecule has 3 rings (SSSR count). The molecule has 1 amide bonds. The van der Waals surface area contributed by atoms with E-state index in [4.69, 9.17) is 14.4 Å². The molecule has 2 heterocycles. The van der Waals surface area contributed by atoms with Crippen molar-refractivity contribution in [3.8, 4) is 6.07 Å². The fourth-order valence-electron chi connectivity index (χ4n) is 2.15. The zero-order chi connectivity index (χ0) is 15.4. The molecule has 0 radical (unpaired) electrons. The quantitative estimate of drug-likeness (QED) is 0.928. The van der Waals surface area contributed by atoms with Crippen LogP contribution in [0.2, 0.25) is 0 Å². The summed E-state index contributed by atoms with van der Waals surface area (Å²) in [5.41, 5.74) is 1.56. The number of carbonyl (C=O) groups is 1. The Kier molecular flexibility index (Phi) is 4.03. The van der Waals surface area contributed by atoms with Crippen LogP contribution in [0.4, 0.5) is 11.7 Å². The standard InChI is InChI=1S/C15H14N4O3/c16-9-13-10-22-15(18-13)17-12-3-1-11(2-4-12)14(20)19-5-7-21-8-6-19/h1-4,10H,5-8H2,(H,17,18). The van der Waals surface area contributed by atoms with Gasteiger partial charge in [0.15, 0.2) is 5.69 Å². The number of ether oxygens (including phenoxy) is 1. The minimum Gasteiger partial charge on any atom is -0.430 e. The Morgan fingerprint density at radius 3 is 2.64 bits per heavy atom. The lowest BCUT2D eigenvalue weighted by Crippen LogP contribution is -2.40. The number of benzene rings is 1. The van der Waals surface area contributed by atoms with E-state index in [2.05, 4.69) is 10.3 Å². The van der Waals surface area contributed by atoms with Gasteiger partial charge in [0.05, 0.1) is 13.2 Å². The Morgan fingerprint density at radius 1 is 1.27 bits per heavy atom. The largest absolute Gasteiger partial charge is 0.430 e. The molecule has 0 unspecified atom stereocenters. The van der Waals surface area contributed by atoms with Crippen LogP contribution < -0.4 is 5.32 Å². The van der Waals surface area contributed by atoms with Crippen LogP contribution in [0, 0.1) is 11.3 Å². The number of hydrogen-bond acceptors (Lipinski definition) is 6. The van der Waals surface area contributed by atoms with Crippen molar-refractivity contribution >= 4 is 17.6 Å². The van der Waals surface area contributed by atoms with Gasteiger partial charge < -0.3 is 19.4 Å². The van der Waals surface area contributed by atoms with E-state index in [1.165, 1.54) is 6.26 Å². The highest BCUT2D eigenvalue weighted by molar-refractivity contribution is 5.94. The van der Waals surface area contributed by atoms with E-state index in [0.29, 0.717) is 31.9 Å². The Labute approximate surface area is 127 Å². The van der Waals surface area contributed by atoms with Gasteiger partial charge in [0.25, 0.3) is 11.9 Å². The highest BCUT2D eigenvalue weighted by Gasteiger charge is 2.18. The van der Waals surface area contributed by atoms with Crippen LogP contribution in [0.5, 0.6) is 0 Å². The molecular weight excluding hydrogens is 284 g/mol. The van der Waals surface area contributed by atoms with E-state index >= 15 is 0 Å². The Bertz CT molecular complexity index is 696. The summed E-state index contributed by atoms with van der Waals surface area (Å²) in [6.07, 6.45) is 1.28. The van der Waals surface area contributed by atoms with E-state index < -0.39 is 0 Å². The first-order valence-electron chi connectivity index (χ1n) is 6.86. The number of rotatable bonds is 3. The van der Waals surface area contributed by atoms with Gasteiger partial charge in [-0.2, -0.15) is 10.2 Å². The summed E-state index contributed by atoms with van der Waals surface area (Å²) in [4.78, 5) is 18.0. The van der Waals surface area contributed by atoms with Crippen molar-refractivity contribution in [2.45, 2.75) is 0 Å². The lowest BCUT2D eigenvalue weighted by atomic mass is 10.1. The molecule has 7 heteroatoms. The van der Waals surface area contributed by atoms with E-state index in [1.807, 2.05) is 6.07 Å². The first-order chi connectivity index (χ1) is 10.8. The number of oxazole rings is 1. The van der Waals surface area contributed by atoms with Crippen LogP contribution in [0.1, 0.15) is 16.1 Å². The van der Waals surface area contributed by atoms with Crippen molar-refractivity contribution in [3.63, 3.8) is 0 Å². The van der Waals surface area contributed by atoms with Crippen LogP contribution in [-0.4, -0.2) is 42.1 Å². The van der Waals surface area contributed by atoms with Crippen molar-refractivity contribution in [1.29, 1.82) is 5.26 Å². The van der Waals surface area contributed by atoms with Gasteiger partial charge in [-0.1, -0.05) is 0 Å². The second kappa shape index (κ2) is 6.28. The third kappa shape index (κ3) is 3.07. The number of anilines is 2. The first kappa shape index (κ1) is 14.1. The summed E-state index contributed by atoms with van der Waals surface area (Å²) >= 11 is 0. The lowest BCUT2D eigenvalue weighted by molar-refractivity contribution is 0.0303. The number of aromatic nitrogens is 1. The topological polar surface area (TPSA) is 91.4 Å². The summed E-state index contributed by atoms with van der Waals surface area (Å²) in [5, 5.41) is 11.6. The molecule has 2 aromatic rings. The maximum Gasteiger partial charge on any atom is 0.300 e. The summed E-state index contributed by atoms with van der Waals surface area (Å²) in [6, 6.07) is 9.15. The second-order valence-electron chi connectivity index (χ2n) is 4.76. The lowest BCUT2D eigenvalue weighted by Gasteiger charge is -2.26. The highest BCUT2D eigenvalue weighted by Crippen LogP contribution is 2.17. The highest BCUT2D eigenvalue weighted by atomic mass is 16.5. The Morgan fingerprint density at radius 2 is 2.00 bits per heavy atom. The van der Waals surface area contributed by atoms with Crippen LogP contribution >= 0.6 is 0 Å². The molecular formula is C15H14N4O3. The molecule has 0 atom stereocenters. The normalized spacial score (nSPS) is 14.4. The van der Waals surface area contributed by atoms with Crippen LogP contribution in [0.25, 0.3) is 0 Å². The van der Waals surface area contributed by atoms with Gasteiger partial charge in [0, 0.05) is 24.3 Å². The zero-order valence-electron chi connectivity index (χ0n) is 11.8. The monoisotopic (exact) mass is 298 g/mol. The maximum absolute atomic E-state index is 12.3. The van der Waals surface area contributed by atoms with E-state index in [1.54, 1.807) is 29.2 Å². The molecule has 1 saturated heterocycles. The van der Waals surface area contributed by atoms with Crippen LogP contribution in [0.15, 0.2) is 34.9 Å². The molecule has 1 fully saturated rings. The smallest absolute Gasteiger partial charge is 0.300 e. The summed E-state index contributed by atoms with van der Waals surface area (Å²) in [7, 11) is 0. The fraction of sp³-hybridized carbons (Fsp3) is 0.267. The van der Waals surface area contributed by atoms with Gasteiger partial charge in [-0.15, -0.1) is 0 Å². The van der Waals surface area contributed by atoms with Crippen LogP contribution in [0.3, 0.4) is 0 Å². The molecule has 1 aromatic heterocycles. The van der Waals surface area contributed by atoms with E-state index in [0.717, 1.165) is 5.69 Å². The van der Waals surface area contributed by atoms with Gasteiger partial charge in [-0.25, -0.2) is 0 Å². The molecule has 0 spiro atoms. The number of hydrogen-bond donors (Lipinski definition) is 1. The van der Waals surface area contributed by atoms with Gasteiger partial charge in [0.1, 0.15) is 12.3 Å². The van der Waals surface area contributed by atoms with Gasteiger partial charge >= 0.3 is 0 Å². The molecule has 1 aliphatic rings. The minimum absolute atomic E-state index is 0.00209. The molecule has 1 aliphatic heterocycles.